The molecule has 0 N–H and O–H groups in total. The second kappa shape index (κ2) is 14.3. The van der Waals surface area contributed by atoms with Crippen molar-refractivity contribution < 1.29 is 0 Å². The fourth-order valence-corrected chi connectivity index (χ4v) is 9.24. The molecule has 0 fully saturated rings. The van der Waals surface area contributed by atoms with Gasteiger partial charge in [0.25, 0.3) is 0 Å². The molecule has 0 amide bonds. The predicted molar refractivity (Wildman–Crippen MR) is 242 cm³/mol. The molecule has 1 aliphatic rings. The van der Waals surface area contributed by atoms with Crippen LogP contribution in [0, 0.1) is 0 Å². The Kier molecular flexibility index (Phi) is 8.37. The number of fused-ring (bicyclic) bond motifs is 5. The first kappa shape index (κ1) is 34.5. The Labute approximate surface area is 344 Å². The quantitative estimate of drug-likeness (QED) is 0.163. The van der Waals surface area contributed by atoms with E-state index >= 15 is 0 Å². The van der Waals surface area contributed by atoms with Crippen LogP contribution in [-0.4, -0.2) is 15.0 Å². The maximum Gasteiger partial charge on any atom is 0.164 e. The first-order valence-electron chi connectivity index (χ1n) is 20.1. The summed E-state index contributed by atoms with van der Waals surface area (Å²) in [7, 11) is 0. The molecule has 0 bridgehead atoms. The highest BCUT2D eigenvalue weighted by molar-refractivity contribution is 6.10. The molecule has 11 rings (SSSR count). The van der Waals surface area contributed by atoms with Crippen LogP contribution in [0.5, 0.6) is 0 Å². The van der Waals surface area contributed by atoms with E-state index < -0.39 is 5.41 Å². The zero-order valence-electron chi connectivity index (χ0n) is 32.2. The van der Waals surface area contributed by atoms with E-state index in [9.17, 15) is 0 Å². The summed E-state index contributed by atoms with van der Waals surface area (Å²) in [6.45, 7) is 0. The van der Waals surface area contributed by atoms with Gasteiger partial charge in [0, 0.05) is 22.1 Å². The van der Waals surface area contributed by atoms with E-state index in [4.69, 9.17) is 15.0 Å². The molecule has 0 aliphatic heterocycles. The average molecular weight is 752 g/mol. The van der Waals surface area contributed by atoms with Crippen LogP contribution in [0.1, 0.15) is 22.3 Å². The van der Waals surface area contributed by atoms with Gasteiger partial charge >= 0.3 is 0 Å². The lowest BCUT2D eigenvalue weighted by atomic mass is 9.67. The molecule has 0 radical (unpaired) electrons. The maximum atomic E-state index is 5.33. The molecule has 0 unspecified atom stereocenters. The third-order valence-corrected chi connectivity index (χ3v) is 11.8. The monoisotopic (exact) mass is 751 g/mol. The molecule has 1 aliphatic carbocycles. The van der Waals surface area contributed by atoms with Gasteiger partial charge in [0.1, 0.15) is 0 Å². The molecule has 0 spiro atoms. The van der Waals surface area contributed by atoms with Crippen LogP contribution < -0.4 is 0 Å². The van der Waals surface area contributed by atoms with E-state index in [1.54, 1.807) is 0 Å². The summed E-state index contributed by atoms with van der Waals surface area (Å²) >= 11 is 0. The van der Waals surface area contributed by atoms with E-state index in [0.717, 1.165) is 33.0 Å². The summed E-state index contributed by atoms with van der Waals surface area (Å²) < 4.78 is 0. The number of rotatable bonds is 7. The van der Waals surface area contributed by atoms with Gasteiger partial charge in [-0.2, -0.15) is 0 Å². The molecule has 0 atom stereocenters. The van der Waals surface area contributed by atoms with E-state index in [-0.39, 0.29) is 0 Å². The van der Waals surface area contributed by atoms with Crippen molar-refractivity contribution in [3.63, 3.8) is 0 Å². The maximum absolute atomic E-state index is 5.33. The molecule has 0 saturated heterocycles. The molecule has 1 aromatic heterocycles. The van der Waals surface area contributed by atoms with Gasteiger partial charge in [-0.25, -0.2) is 15.0 Å². The molecule has 1 heterocycles. The topological polar surface area (TPSA) is 38.7 Å². The van der Waals surface area contributed by atoms with Crippen molar-refractivity contribution in [2.24, 2.45) is 0 Å². The lowest BCUT2D eigenvalue weighted by Gasteiger charge is -2.34. The minimum absolute atomic E-state index is 0.518. The smallest absolute Gasteiger partial charge is 0.164 e. The summed E-state index contributed by atoms with van der Waals surface area (Å²) in [6.07, 6.45) is 0. The summed E-state index contributed by atoms with van der Waals surface area (Å²) in [5, 5.41) is 2.27. The first-order chi connectivity index (χ1) is 29.3. The Bertz CT molecular complexity index is 3080. The average Bonchev–Trinajstić information content (AvgIpc) is 3.64. The largest absolute Gasteiger partial charge is 0.208 e. The van der Waals surface area contributed by atoms with Gasteiger partial charge in [0.2, 0.25) is 0 Å². The van der Waals surface area contributed by atoms with Crippen molar-refractivity contribution in [2.45, 2.75) is 5.41 Å². The highest BCUT2D eigenvalue weighted by atomic mass is 15.0. The fraction of sp³-hybridized carbons (Fsp3) is 0.0179. The Morgan fingerprint density at radius 2 is 0.712 bits per heavy atom. The molecule has 0 saturated carbocycles. The highest BCUT2D eigenvalue weighted by Crippen LogP contribution is 2.58. The van der Waals surface area contributed by atoms with Gasteiger partial charge < -0.3 is 0 Å². The van der Waals surface area contributed by atoms with Crippen LogP contribution in [0.15, 0.2) is 224 Å². The second-order valence-corrected chi connectivity index (χ2v) is 15.1. The molecule has 3 nitrogen and oxygen atoms in total. The van der Waals surface area contributed by atoms with Gasteiger partial charge in [-0.1, -0.05) is 224 Å². The van der Waals surface area contributed by atoms with Crippen molar-refractivity contribution in [3.05, 3.63) is 247 Å². The van der Waals surface area contributed by atoms with Crippen LogP contribution >= 0.6 is 0 Å². The van der Waals surface area contributed by atoms with Crippen LogP contribution in [0.3, 0.4) is 0 Å². The van der Waals surface area contributed by atoms with Crippen LogP contribution in [0.2, 0.25) is 0 Å². The van der Waals surface area contributed by atoms with Gasteiger partial charge in [0.15, 0.2) is 17.5 Å². The number of nitrogens with zero attached hydrogens (tertiary/aromatic N) is 3. The Morgan fingerprint density at radius 1 is 0.271 bits per heavy atom. The van der Waals surface area contributed by atoms with Crippen molar-refractivity contribution in [3.8, 4) is 67.5 Å². The predicted octanol–water partition coefficient (Wildman–Crippen LogP) is 13.7. The van der Waals surface area contributed by atoms with Gasteiger partial charge in [-0.3, -0.25) is 0 Å². The Hall–Kier alpha value is -7.75. The van der Waals surface area contributed by atoms with E-state index in [1.165, 1.54) is 50.1 Å². The minimum atomic E-state index is -0.518. The SMILES string of the molecule is c1ccc(-c2nc(-c3ccc(-c4ccccc4-c4ccccc4)cc3)nc(-c3cccc4ccc5c(c34)-c3ccccc3C5(c3ccccc3)c3ccccc3)n2)cc1. The number of aromatic nitrogens is 3. The number of benzene rings is 9. The molecule has 10 aromatic rings. The Morgan fingerprint density at radius 3 is 1.32 bits per heavy atom. The summed E-state index contributed by atoms with van der Waals surface area (Å²) in [4.78, 5) is 15.7. The second-order valence-electron chi connectivity index (χ2n) is 15.1. The van der Waals surface area contributed by atoms with Crippen LogP contribution in [0.25, 0.3) is 78.3 Å². The summed E-state index contributed by atoms with van der Waals surface area (Å²) in [5.74, 6) is 1.90. The zero-order valence-corrected chi connectivity index (χ0v) is 32.2. The van der Waals surface area contributed by atoms with Gasteiger partial charge in [-0.05, 0) is 61.0 Å². The van der Waals surface area contributed by atoms with Crippen molar-refractivity contribution >= 4 is 10.8 Å². The van der Waals surface area contributed by atoms with Gasteiger partial charge in [0.05, 0.1) is 5.41 Å². The van der Waals surface area contributed by atoms with Crippen molar-refractivity contribution in [1.29, 1.82) is 0 Å². The summed E-state index contributed by atoms with van der Waals surface area (Å²) in [6, 6.07) is 79.9. The van der Waals surface area contributed by atoms with Crippen molar-refractivity contribution in [1.82, 2.24) is 15.0 Å². The third kappa shape index (κ3) is 5.70. The van der Waals surface area contributed by atoms with E-state index in [1.807, 2.05) is 18.2 Å². The Balaban J connectivity index is 1.13. The van der Waals surface area contributed by atoms with Gasteiger partial charge in [-0.15, -0.1) is 0 Å². The van der Waals surface area contributed by atoms with Crippen molar-refractivity contribution in [2.75, 3.05) is 0 Å². The molecule has 3 heteroatoms. The molecule has 276 valence electrons. The highest BCUT2D eigenvalue weighted by Gasteiger charge is 2.46. The zero-order chi connectivity index (χ0) is 39.2. The summed E-state index contributed by atoms with van der Waals surface area (Å²) in [5.41, 5.74) is 14.4. The lowest BCUT2D eigenvalue weighted by molar-refractivity contribution is 0.769. The third-order valence-electron chi connectivity index (χ3n) is 11.8. The molecule has 9 aromatic carbocycles. The first-order valence-corrected chi connectivity index (χ1v) is 20.1. The standard InChI is InChI=1S/C56H37N3/c1-5-18-38(19-6-1)45-27-13-14-28-46(45)39-32-34-42(35-33-39)54-57-53(41-20-7-2-8-21-41)58-55(59-54)48-30-17-22-40-36-37-50-52(51(40)48)47-29-15-16-31-49(47)56(50,43-23-9-3-10-24-43)44-25-11-4-12-26-44/h1-37H. The van der Waals surface area contributed by atoms with E-state index in [2.05, 4.69) is 206 Å². The molecule has 59 heavy (non-hydrogen) atoms. The minimum Gasteiger partial charge on any atom is -0.208 e. The molecular weight excluding hydrogens is 715 g/mol. The number of hydrogen-bond donors (Lipinski definition) is 0. The molecular formula is C56H37N3. The normalized spacial score (nSPS) is 12.5. The van der Waals surface area contributed by atoms with Crippen LogP contribution in [0.4, 0.5) is 0 Å². The number of hydrogen-bond acceptors (Lipinski definition) is 3. The van der Waals surface area contributed by atoms with Crippen LogP contribution in [-0.2, 0) is 5.41 Å². The lowest BCUT2D eigenvalue weighted by Crippen LogP contribution is -2.28. The van der Waals surface area contributed by atoms with E-state index in [0.29, 0.717) is 17.5 Å². The fourth-order valence-electron chi connectivity index (χ4n) is 9.24.